The molecule has 2 rings (SSSR count). The van der Waals surface area contributed by atoms with Crippen molar-refractivity contribution in [3.63, 3.8) is 0 Å². The summed E-state index contributed by atoms with van der Waals surface area (Å²) in [6, 6.07) is 6.93. The molecule has 4 heteroatoms. The Balaban J connectivity index is 2.31. The lowest BCUT2D eigenvalue weighted by atomic mass is 9.71. The molecule has 92 valence electrons. The van der Waals surface area contributed by atoms with Crippen LogP contribution in [0.1, 0.15) is 24.8 Å². The van der Waals surface area contributed by atoms with Gasteiger partial charge in [-0.2, -0.15) is 0 Å². The Morgan fingerprint density at radius 1 is 1.24 bits per heavy atom. The molecule has 0 atom stereocenters. The normalized spacial score (nSPS) is 18.8. The molecular weight excluding hydrogens is 218 g/mol. The summed E-state index contributed by atoms with van der Waals surface area (Å²) in [5.41, 5.74) is 0.726. The first-order chi connectivity index (χ1) is 8.12. The van der Waals surface area contributed by atoms with E-state index >= 15 is 0 Å². The molecule has 0 spiro atoms. The molecule has 1 aliphatic heterocycles. The third-order valence-corrected chi connectivity index (χ3v) is 3.53. The largest absolute Gasteiger partial charge is 0.508 e. The van der Waals surface area contributed by atoms with Crippen molar-refractivity contribution in [3.8, 4) is 5.75 Å². The molecule has 1 fully saturated rings. The van der Waals surface area contributed by atoms with Crippen molar-refractivity contribution >= 4 is 5.97 Å². The van der Waals surface area contributed by atoms with Gasteiger partial charge in [0.25, 0.3) is 0 Å². The maximum Gasteiger partial charge on any atom is 0.304 e. The topological polar surface area (TPSA) is 69.6 Å². The Morgan fingerprint density at radius 2 is 1.82 bits per heavy atom. The predicted molar refractivity (Wildman–Crippen MR) is 64.1 cm³/mol. The van der Waals surface area contributed by atoms with Crippen molar-refractivity contribution in [3.05, 3.63) is 29.8 Å². The molecule has 0 saturated carbocycles. The number of piperidine rings is 1. The van der Waals surface area contributed by atoms with Crippen molar-refractivity contribution in [2.75, 3.05) is 13.1 Å². The molecule has 1 heterocycles. The number of carbonyl (C=O) groups is 1. The van der Waals surface area contributed by atoms with Crippen LogP contribution >= 0.6 is 0 Å². The third kappa shape index (κ3) is 2.58. The first kappa shape index (κ1) is 11.9. The molecular formula is C13H17NO3. The van der Waals surface area contributed by atoms with Crippen molar-refractivity contribution < 1.29 is 15.0 Å². The minimum Gasteiger partial charge on any atom is -0.508 e. The standard InChI is InChI=1S/C13H17NO3/c15-11-3-1-10(2-4-11)13(9-12(16)17)5-7-14-8-6-13/h1-4,14-15H,5-9H2,(H,16,17). The molecule has 1 aromatic carbocycles. The second-order valence-electron chi connectivity index (χ2n) is 4.65. The lowest BCUT2D eigenvalue weighted by Crippen LogP contribution is -2.41. The smallest absolute Gasteiger partial charge is 0.304 e. The zero-order valence-corrected chi connectivity index (χ0v) is 9.65. The molecule has 0 radical (unpaired) electrons. The van der Waals surface area contributed by atoms with Crippen LogP contribution in [0.5, 0.6) is 5.75 Å². The van der Waals surface area contributed by atoms with E-state index in [1.165, 1.54) is 0 Å². The molecule has 1 aliphatic rings. The summed E-state index contributed by atoms with van der Waals surface area (Å²) in [4.78, 5) is 11.0. The minimum absolute atomic E-state index is 0.152. The van der Waals surface area contributed by atoms with Gasteiger partial charge in [-0.15, -0.1) is 0 Å². The summed E-state index contributed by atoms with van der Waals surface area (Å²) in [6.45, 7) is 1.68. The summed E-state index contributed by atoms with van der Waals surface area (Å²) >= 11 is 0. The van der Waals surface area contributed by atoms with Crippen molar-refractivity contribution in [1.82, 2.24) is 5.32 Å². The van der Waals surface area contributed by atoms with Gasteiger partial charge in [0.1, 0.15) is 5.75 Å². The quantitative estimate of drug-likeness (QED) is 0.742. The number of phenolic OH excluding ortho intramolecular Hbond substituents is 1. The molecule has 0 bridgehead atoms. The molecule has 4 nitrogen and oxygen atoms in total. The highest BCUT2D eigenvalue weighted by atomic mass is 16.4. The van der Waals surface area contributed by atoms with Gasteiger partial charge < -0.3 is 15.5 Å². The number of nitrogens with one attached hydrogen (secondary N) is 1. The van der Waals surface area contributed by atoms with Gasteiger partial charge in [0.15, 0.2) is 0 Å². The number of carboxylic acids is 1. The highest BCUT2D eigenvalue weighted by molar-refractivity contribution is 5.69. The van der Waals surface area contributed by atoms with Crippen LogP contribution in [0.2, 0.25) is 0 Å². The number of rotatable bonds is 3. The van der Waals surface area contributed by atoms with E-state index in [4.69, 9.17) is 5.11 Å². The van der Waals surface area contributed by atoms with E-state index in [1.807, 2.05) is 12.1 Å². The minimum atomic E-state index is -0.764. The van der Waals surface area contributed by atoms with Crippen LogP contribution < -0.4 is 5.32 Å². The number of aromatic hydroxyl groups is 1. The number of hydrogen-bond donors (Lipinski definition) is 3. The lowest BCUT2D eigenvalue weighted by Gasteiger charge is -2.37. The average Bonchev–Trinajstić information content (AvgIpc) is 2.30. The van der Waals surface area contributed by atoms with E-state index in [0.717, 1.165) is 31.5 Å². The second kappa shape index (κ2) is 4.75. The monoisotopic (exact) mass is 235 g/mol. The molecule has 1 saturated heterocycles. The first-order valence-corrected chi connectivity index (χ1v) is 5.84. The van der Waals surface area contributed by atoms with E-state index in [0.29, 0.717) is 0 Å². The molecule has 17 heavy (non-hydrogen) atoms. The average molecular weight is 235 g/mol. The van der Waals surface area contributed by atoms with Crippen LogP contribution in [-0.2, 0) is 10.2 Å². The molecule has 0 aliphatic carbocycles. The summed E-state index contributed by atoms with van der Waals surface area (Å²) in [5.74, 6) is -0.548. The zero-order chi connectivity index (χ0) is 12.3. The third-order valence-electron chi connectivity index (χ3n) is 3.53. The number of aliphatic carboxylic acids is 1. The number of benzene rings is 1. The highest BCUT2D eigenvalue weighted by Gasteiger charge is 2.35. The second-order valence-corrected chi connectivity index (χ2v) is 4.65. The van der Waals surface area contributed by atoms with Crippen LogP contribution in [0, 0.1) is 0 Å². The van der Waals surface area contributed by atoms with E-state index < -0.39 is 5.97 Å². The lowest BCUT2D eigenvalue weighted by molar-refractivity contribution is -0.138. The fourth-order valence-corrected chi connectivity index (χ4v) is 2.58. The van der Waals surface area contributed by atoms with Crippen LogP contribution in [-0.4, -0.2) is 29.3 Å². The van der Waals surface area contributed by atoms with Gasteiger partial charge in [-0.3, -0.25) is 4.79 Å². The Labute approximate surface area is 100 Å². The van der Waals surface area contributed by atoms with E-state index in [9.17, 15) is 9.90 Å². The van der Waals surface area contributed by atoms with Crippen molar-refractivity contribution in [1.29, 1.82) is 0 Å². The zero-order valence-electron chi connectivity index (χ0n) is 9.65. The van der Waals surface area contributed by atoms with E-state index in [1.54, 1.807) is 12.1 Å². The van der Waals surface area contributed by atoms with Gasteiger partial charge in [0.05, 0.1) is 6.42 Å². The summed E-state index contributed by atoms with van der Waals surface area (Å²) in [7, 11) is 0. The van der Waals surface area contributed by atoms with Gasteiger partial charge in [-0.25, -0.2) is 0 Å². The van der Waals surface area contributed by atoms with Gasteiger partial charge in [0, 0.05) is 5.41 Å². The van der Waals surface area contributed by atoms with Gasteiger partial charge in [-0.05, 0) is 43.6 Å². The fourth-order valence-electron chi connectivity index (χ4n) is 2.58. The van der Waals surface area contributed by atoms with Gasteiger partial charge >= 0.3 is 5.97 Å². The Hall–Kier alpha value is -1.55. The predicted octanol–water partition coefficient (Wildman–Crippen LogP) is 1.49. The van der Waals surface area contributed by atoms with Crippen LogP contribution in [0.3, 0.4) is 0 Å². The number of phenols is 1. The van der Waals surface area contributed by atoms with Crippen LogP contribution in [0.25, 0.3) is 0 Å². The van der Waals surface area contributed by atoms with Crippen molar-refractivity contribution in [2.24, 2.45) is 0 Å². The van der Waals surface area contributed by atoms with Crippen LogP contribution in [0.15, 0.2) is 24.3 Å². The van der Waals surface area contributed by atoms with E-state index in [2.05, 4.69) is 5.32 Å². The molecule has 0 aromatic heterocycles. The number of carboxylic acid groups (broad SMARTS) is 1. The Kier molecular flexibility index (Phi) is 3.33. The van der Waals surface area contributed by atoms with Crippen LogP contribution in [0.4, 0.5) is 0 Å². The first-order valence-electron chi connectivity index (χ1n) is 5.84. The van der Waals surface area contributed by atoms with Gasteiger partial charge in [0.2, 0.25) is 0 Å². The summed E-state index contributed by atoms with van der Waals surface area (Å²) in [6.07, 6.45) is 1.80. The SMILES string of the molecule is O=C(O)CC1(c2ccc(O)cc2)CCNCC1. The Bertz CT molecular complexity index is 394. The molecule has 1 aromatic rings. The maximum absolute atomic E-state index is 11.0. The number of hydrogen-bond acceptors (Lipinski definition) is 3. The molecule has 0 unspecified atom stereocenters. The summed E-state index contributed by atoms with van der Waals surface area (Å²) < 4.78 is 0. The van der Waals surface area contributed by atoms with Crippen molar-refractivity contribution in [2.45, 2.75) is 24.7 Å². The Morgan fingerprint density at radius 3 is 2.35 bits per heavy atom. The molecule has 3 N–H and O–H groups in total. The molecule has 0 amide bonds. The summed E-state index contributed by atoms with van der Waals surface area (Å²) in [5, 5.41) is 21.6. The van der Waals surface area contributed by atoms with Gasteiger partial charge in [-0.1, -0.05) is 12.1 Å². The fraction of sp³-hybridized carbons (Fsp3) is 0.462. The maximum atomic E-state index is 11.0. The van der Waals surface area contributed by atoms with E-state index in [-0.39, 0.29) is 17.6 Å². The highest BCUT2D eigenvalue weighted by Crippen LogP contribution is 2.37.